The number of aromatic nitrogens is 3. The molecule has 0 unspecified atom stereocenters. The number of nitrogens with one attached hydrogen (secondary N) is 1. The molecule has 1 aliphatic carbocycles. The van der Waals surface area contributed by atoms with Crippen LogP contribution in [0.1, 0.15) is 30.6 Å². The van der Waals surface area contributed by atoms with Gasteiger partial charge in [-0.2, -0.15) is 0 Å². The van der Waals surface area contributed by atoms with Crippen LogP contribution in [0.25, 0.3) is 22.5 Å². The number of thioether (sulfide) groups is 1. The van der Waals surface area contributed by atoms with Crippen molar-refractivity contribution in [2.24, 2.45) is 0 Å². The number of benzene rings is 1. The molecule has 0 atom stereocenters. The maximum Gasteiger partial charge on any atom is 0.230 e. The average molecular weight is 439 g/mol. The maximum atomic E-state index is 12.4. The van der Waals surface area contributed by atoms with Gasteiger partial charge in [-0.15, -0.1) is 28.1 Å². The van der Waals surface area contributed by atoms with Gasteiger partial charge in [0.15, 0.2) is 11.0 Å². The van der Waals surface area contributed by atoms with E-state index in [1.54, 1.807) is 11.3 Å². The Kier molecular flexibility index (Phi) is 6.69. The number of thiophene rings is 1. The van der Waals surface area contributed by atoms with Crippen LogP contribution in [0.4, 0.5) is 0 Å². The summed E-state index contributed by atoms with van der Waals surface area (Å²) in [4.78, 5) is 13.6. The molecule has 1 N–H and O–H groups in total. The summed E-state index contributed by atoms with van der Waals surface area (Å²) < 4.78 is 2.05. The van der Waals surface area contributed by atoms with Crippen molar-refractivity contribution in [3.8, 4) is 22.5 Å². The van der Waals surface area contributed by atoms with Gasteiger partial charge in [-0.1, -0.05) is 61.0 Å². The van der Waals surface area contributed by atoms with E-state index >= 15 is 0 Å². The van der Waals surface area contributed by atoms with Gasteiger partial charge >= 0.3 is 0 Å². The van der Waals surface area contributed by atoms with Gasteiger partial charge in [0.1, 0.15) is 0 Å². The molecule has 156 valence electrons. The third-order valence-corrected chi connectivity index (χ3v) is 7.24. The molecule has 0 saturated heterocycles. The van der Waals surface area contributed by atoms with Gasteiger partial charge in [-0.25, -0.2) is 0 Å². The first-order valence-electron chi connectivity index (χ1n) is 10.3. The third-order valence-electron chi connectivity index (χ3n) is 5.36. The van der Waals surface area contributed by atoms with Crippen molar-refractivity contribution in [3.05, 3.63) is 53.2 Å². The second kappa shape index (κ2) is 9.62. The fourth-order valence-electron chi connectivity index (χ4n) is 3.94. The van der Waals surface area contributed by atoms with Crippen molar-refractivity contribution in [2.45, 2.75) is 50.4 Å². The lowest BCUT2D eigenvalue weighted by molar-refractivity contribution is -0.119. The van der Waals surface area contributed by atoms with Gasteiger partial charge in [0.2, 0.25) is 5.91 Å². The van der Waals surface area contributed by atoms with E-state index in [4.69, 9.17) is 0 Å². The average Bonchev–Trinajstić information content (AvgIpc) is 3.48. The highest BCUT2D eigenvalue weighted by molar-refractivity contribution is 7.99. The summed E-state index contributed by atoms with van der Waals surface area (Å²) in [6.45, 7) is 6.63. The van der Waals surface area contributed by atoms with Gasteiger partial charge in [0.25, 0.3) is 0 Å². The lowest BCUT2D eigenvalue weighted by atomic mass is 10.0. The molecule has 30 heavy (non-hydrogen) atoms. The van der Waals surface area contributed by atoms with Crippen molar-refractivity contribution in [3.63, 3.8) is 0 Å². The van der Waals surface area contributed by atoms with E-state index in [9.17, 15) is 4.79 Å². The van der Waals surface area contributed by atoms with Crippen molar-refractivity contribution in [1.29, 1.82) is 0 Å². The summed E-state index contributed by atoms with van der Waals surface area (Å²) in [7, 11) is 0. The van der Waals surface area contributed by atoms with Crippen LogP contribution in [0.2, 0.25) is 0 Å². The molecule has 1 aliphatic rings. The smallest absolute Gasteiger partial charge is 0.230 e. The van der Waals surface area contributed by atoms with Gasteiger partial charge < -0.3 is 5.32 Å². The lowest BCUT2D eigenvalue weighted by Gasteiger charge is -2.12. The van der Waals surface area contributed by atoms with Gasteiger partial charge in [0.05, 0.1) is 5.75 Å². The summed E-state index contributed by atoms with van der Waals surface area (Å²) in [5, 5.41) is 14.9. The van der Waals surface area contributed by atoms with Gasteiger partial charge in [-0.05, 0) is 25.3 Å². The maximum absolute atomic E-state index is 12.4. The minimum Gasteiger partial charge on any atom is -0.353 e. The molecule has 3 aromatic rings. The van der Waals surface area contributed by atoms with E-state index in [0.29, 0.717) is 18.3 Å². The predicted octanol–water partition coefficient (Wildman–Crippen LogP) is 5.32. The Morgan fingerprint density at radius 2 is 2.07 bits per heavy atom. The molecular formula is C23H26N4OS2. The topological polar surface area (TPSA) is 59.8 Å². The van der Waals surface area contributed by atoms with Gasteiger partial charge in [-0.3, -0.25) is 9.36 Å². The molecule has 0 aliphatic heterocycles. The quantitative estimate of drug-likeness (QED) is 0.382. The Morgan fingerprint density at radius 1 is 1.30 bits per heavy atom. The van der Waals surface area contributed by atoms with E-state index in [-0.39, 0.29) is 5.91 Å². The molecule has 0 bridgehead atoms. The number of rotatable bonds is 8. The van der Waals surface area contributed by atoms with Crippen LogP contribution in [0.3, 0.4) is 0 Å². The molecule has 2 heterocycles. The van der Waals surface area contributed by atoms with Crippen LogP contribution >= 0.6 is 23.1 Å². The first kappa shape index (κ1) is 20.9. The van der Waals surface area contributed by atoms with Crippen molar-refractivity contribution in [1.82, 2.24) is 20.1 Å². The molecule has 1 fully saturated rings. The SMILES string of the molecule is C=CCn1c(SCC(=O)NC2CCCC2)nnc1-c1csc(C)c1-c1ccccc1. The third kappa shape index (κ3) is 4.52. The Morgan fingerprint density at radius 3 is 2.80 bits per heavy atom. The Hall–Kier alpha value is -2.38. The molecule has 2 aromatic heterocycles. The first-order valence-corrected chi connectivity index (χ1v) is 12.1. The van der Waals surface area contributed by atoms with Crippen LogP contribution in [-0.2, 0) is 11.3 Å². The standard InChI is InChI=1S/C23H26N4OS2/c1-3-13-27-22(19-14-29-16(2)21(19)17-9-5-4-6-10-17)25-26-23(27)30-15-20(28)24-18-11-7-8-12-18/h3-6,9-10,14,18H,1,7-8,11-13,15H2,2H3,(H,24,28). The van der Waals surface area contributed by atoms with Gasteiger partial charge in [0, 0.05) is 34.0 Å². The summed E-state index contributed by atoms with van der Waals surface area (Å²) in [5.41, 5.74) is 3.43. The number of nitrogens with zero attached hydrogens (tertiary/aromatic N) is 3. The molecule has 1 aromatic carbocycles. The Bertz CT molecular complexity index is 1020. The number of allylic oxidation sites excluding steroid dienone is 1. The van der Waals surface area contributed by atoms with E-state index in [1.807, 2.05) is 12.1 Å². The van der Waals surface area contributed by atoms with Crippen LogP contribution < -0.4 is 5.32 Å². The second-order valence-electron chi connectivity index (χ2n) is 7.49. The number of amides is 1. The van der Waals surface area contributed by atoms with Crippen LogP contribution in [0.15, 0.2) is 53.5 Å². The van der Waals surface area contributed by atoms with E-state index in [2.05, 4.69) is 63.2 Å². The summed E-state index contributed by atoms with van der Waals surface area (Å²) in [5.74, 6) is 1.23. The van der Waals surface area contributed by atoms with E-state index < -0.39 is 0 Å². The molecule has 0 radical (unpaired) electrons. The molecular weight excluding hydrogens is 412 g/mol. The molecule has 7 heteroatoms. The number of hydrogen-bond acceptors (Lipinski definition) is 5. The van der Waals surface area contributed by atoms with Crippen LogP contribution in [0.5, 0.6) is 0 Å². The fraction of sp³-hybridized carbons (Fsp3) is 0.348. The minimum absolute atomic E-state index is 0.0676. The molecule has 0 spiro atoms. The molecule has 4 rings (SSSR count). The highest BCUT2D eigenvalue weighted by Crippen LogP contribution is 2.39. The summed E-state index contributed by atoms with van der Waals surface area (Å²) >= 11 is 3.15. The molecule has 1 amide bonds. The van der Waals surface area contributed by atoms with Crippen LogP contribution in [-0.4, -0.2) is 32.5 Å². The number of aryl methyl sites for hydroxylation is 1. The normalized spacial score (nSPS) is 14.2. The largest absolute Gasteiger partial charge is 0.353 e. The highest BCUT2D eigenvalue weighted by Gasteiger charge is 2.21. The van der Waals surface area contributed by atoms with Crippen LogP contribution in [0, 0.1) is 6.92 Å². The van der Waals surface area contributed by atoms with Crippen molar-refractivity contribution >= 4 is 29.0 Å². The summed E-state index contributed by atoms with van der Waals surface area (Å²) in [6.07, 6.45) is 6.44. The zero-order valence-corrected chi connectivity index (χ0v) is 18.8. The Balaban J connectivity index is 1.58. The van der Waals surface area contributed by atoms with E-state index in [0.717, 1.165) is 29.4 Å². The molecule has 5 nitrogen and oxygen atoms in total. The Labute approximate surface area is 185 Å². The molecule has 1 saturated carbocycles. The second-order valence-corrected chi connectivity index (χ2v) is 9.52. The number of hydrogen-bond donors (Lipinski definition) is 1. The van der Waals surface area contributed by atoms with E-state index in [1.165, 1.54) is 40.6 Å². The number of carbonyl (C=O) groups is 1. The highest BCUT2D eigenvalue weighted by atomic mass is 32.2. The predicted molar refractivity (Wildman–Crippen MR) is 125 cm³/mol. The van der Waals surface area contributed by atoms with Crippen molar-refractivity contribution < 1.29 is 4.79 Å². The zero-order valence-electron chi connectivity index (χ0n) is 17.1. The zero-order chi connectivity index (χ0) is 20.9. The fourth-order valence-corrected chi connectivity index (χ4v) is 5.56. The monoisotopic (exact) mass is 438 g/mol. The minimum atomic E-state index is 0.0676. The number of carbonyl (C=O) groups excluding carboxylic acids is 1. The lowest BCUT2D eigenvalue weighted by Crippen LogP contribution is -2.33. The summed E-state index contributed by atoms with van der Waals surface area (Å²) in [6, 6.07) is 10.7. The first-order chi connectivity index (χ1) is 14.7. The van der Waals surface area contributed by atoms with Crippen molar-refractivity contribution in [2.75, 3.05) is 5.75 Å².